The second-order valence-electron chi connectivity index (χ2n) is 9.13. The Hall–Kier alpha value is -3.19. The van der Waals surface area contributed by atoms with Crippen molar-refractivity contribution in [2.75, 3.05) is 31.1 Å². The second-order valence-corrected chi connectivity index (χ2v) is 10.0. The van der Waals surface area contributed by atoms with Crippen molar-refractivity contribution in [3.63, 3.8) is 0 Å². The van der Waals surface area contributed by atoms with Gasteiger partial charge in [-0.3, -0.25) is 4.79 Å². The summed E-state index contributed by atoms with van der Waals surface area (Å²) in [6.07, 6.45) is 1.54. The van der Waals surface area contributed by atoms with Crippen molar-refractivity contribution in [2.24, 2.45) is 0 Å². The molecule has 1 unspecified atom stereocenters. The Balaban J connectivity index is 1.17. The maximum atomic E-state index is 12.9. The molecule has 1 saturated heterocycles. The summed E-state index contributed by atoms with van der Waals surface area (Å²) in [5, 5.41) is 3.30. The molecular weight excluding hydrogens is 458 g/mol. The van der Waals surface area contributed by atoms with Gasteiger partial charge in [0.15, 0.2) is 0 Å². The Morgan fingerprint density at radius 2 is 1.80 bits per heavy atom. The first-order valence-electron chi connectivity index (χ1n) is 12.5. The van der Waals surface area contributed by atoms with Gasteiger partial charge in [0.1, 0.15) is 6.10 Å². The minimum Gasteiger partial charge on any atom is -0.453 e. The third-order valence-electron chi connectivity index (χ3n) is 7.15. The molecule has 0 spiro atoms. The molecule has 35 heavy (non-hydrogen) atoms. The average Bonchev–Trinajstić information content (AvgIpc) is 3.51. The van der Waals surface area contributed by atoms with Crippen molar-refractivity contribution >= 4 is 28.9 Å². The highest BCUT2D eigenvalue weighted by atomic mass is 32.1. The predicted octanol–water partition coefficient (Wildman–Crippen LogP) is 5.66. The number of piperidine rings is 1. The maximum absolute atomic E-state index is 12.9. The van der Waals surface area contributed by atoms with E-state index in [1.807, 2.05) is 23.1 Å². The van der Waals surface area contributed by atoms with Crippen LogP contribution < -0.4 is 4.90 Å². The number of carbonyl (C=O) groups is 2. The highest BCUT2D eigenvalue weighted by molar-refractivity contribution is 7.10. The predicted molar refractivity (Wildman–Crippen MR) is 139 cm³/mol. The van der Waals surface area contributed by atoms with Gasteiger partial charge in [0.2, 0.25) is 5.91 Å². The van der Waals surface area contributed by atoms with Crippen LogP contribution >= 0.6 is 11.3 Å². The zero-order valence-electron chi connectivity index (χ0n) is 20.3. The lowest BCUT2D eigenvalue weighted by molar-refractivity contribution is -0.134. The molecule has 6 nitrogen and oxygen atoms in total. The second kappa shape index (κ2) is 10.2. The van der Waals surface area contributed by atoms with Crippen molar-refractivity contribution in [3.05, 3.63) is 70.0 Å². The molecule has 7 heteroatoms. The van der Waals surface area contributed by atoms with E-state index in [1.165, 1.54) is 5.69 Å². The topological polar surface area (TPSA) is 62.7 Å². The van der Waals surface area contributed by atoms with Gasteiger partial charge >= 0.3 is 5.97 Å². The van der Waals surface area contributed by atoms with Crippen LogP contribution in [0.15, 0.2) is 53.9 Å². The SMILES string of the molecule is CCN(CC)c1ccc(-c2csc(C3CCN(C(=O)CC4OC(=O)c5ccccc54)CC3)n2)cc1. The van der Waals surface area contributed by atoms with E-state index < -0.39 is 6.10 Å². The Bertz CT molecular complexity index is 1190. The number of esters is 1. The number of benzene rings is 2. The number of thiazole rings is 1. The number of hydrogen-bond donors (Lipinski definition) is 0. The first kappa shape index (κ1) is 23.5. The Morgan fingerprint density at radius 3 is 2.51 bits per heavy atom. The lowest BCUT2D eigenvalue weighted by Crippen LogP contribution is -2.38. The van der Waals surface area contributed by atoms with Crippen LogP contribution in [0.4, 0.5) is 5.69 Å². The van der Waals surface area contributed by atoms with Crippen LogP contribution in [0.1, 0.15) is 66.1 Å². The summed E-state index contributed by atoms with van der Waals surface area (Å²) in [4.78, 5) is 34.2. The van der Waals surface area contributed by atoms with Crippen LogP contribution in [-0.4, -0.2) is 47.9 Å². The van der Waals surface area contributed by atoms with Gasteiger partial charge in [-0.25, -0.2) is 9.78 Å². The number of nitrogens with zero attached hydrogens (tertiary/aromatic N) is 3. The van der Waals surface area contributed by atoms with Crippen LogP contribution in [-0.2, 0) is 9.53 Å². The van der Waals surface area contributed by atoms with Crippen LogP contribution in [0.2, 0.25) is 0 Å². The highest BCUT2D eigenvalue weighted by Gasteiger charge is 2.34. The first-order valence-corrected chi connectivity index (χ1v) is 13.3. The number of hydrogen-bond acceptors (Lipinski definition) is 6. The number of rotatable bonds is 7. The first-order chi connectivity index (χ1) is 17.1. The van der Waals surface area contributed by atoms with E-state index >= 15 is 0 Å². The number of ether oxygens (including phenoxy) is 1. The summed E-state index contributed by atoms with van der Waals surface area (Å²) in [6.45, 7) is 7.75. The molecule has 2 aliphatic rings. The van der Waals surface area contributed by atoms with Gasteiger partial charge in [0, 0.05) is 54.3 Å². The van der Waals surface area contributed by atoms with Crippen LogP contribution in [0.3, 0.4) is 0 Å². The lowest BCUT2D eigenvalue weighted by atomic mass is 9.96. The summed E-state index contributed by atoms with van der Waals surface area (Å²) in [5.41, 5.74) is 4.80. The van der Waals surface area contributed by atoms with E-state index in [9.17, 15) is 9.59 Å². The van der Waals surface area contributed by atoms with E-state index in [-0.39, 0.29) is 18.3 Å². The Labute approximate surface area is 210 Å². The normalized spacial score (nSPS) is 17.8. The van der Waals surface area contributed by atoms with Crippen molar-refractivity contribution in [1.82, 2.24) is 9.88 Å². The molecule has 0 saturated carbocycles. The largest absolute Gasteiger partial charge is 0.453 e. The van der Waals surface area contributed by atoms with Gasteiger partial charge in [-0.2, -0.15) is 0 Å². The molecule has 0 aliphatic carbocycles. The highest BCUT2D eigenvalue weighted by Crippen LogP contribution is 2.36. The van der Waals surface area contributed by atoms with Crippen molar-refractivity contribution < 1.29 is 14.3 Å². The molecule has 3 heterocycles. The van der Waals surface area contributed by atoms with Gasteiger partial charge in [-0.05, 0) is 44.9 Å². The molecule has 5 rings (SSSR count). The minimum atomic E-state index is -0.474. The van der Waals surface area contributed by atoms with E-state index in [0.717, 1.165) is 47.8 Å². The molecule has 3 aromatic rings. The average molecular weight is 490 g/mol. The fraction of sp³-hybridized carbons (Fsp3) is 0.393. The number of amides is 1. The number of carbonyl (C=O) groups excluding carboxylic acids is 2. The molecule has 2 aliphatic heterocycles. The van der Waals surface area contributed by atoms with Crippen molar-refractivity contribution in [1.29, 1.82) is 0 Å². The van der Waals surface area contributed by atoms with Crippen molar-refractivity contribution in [2.45, 2.75) is 45.1 Å². The molecule has 2 aromatic carbocycles. The van der Waals surface area contributed by atoms with E-state index in [4.69, 9.17) is 9.72 Å². The van der Waals surface area contributed by atoms with Gasteiger partial charge in [-0.1, -0.05) is 30.3 Å². The van der Waals surface area contributed by atoms with E-state index in [0.29, 0.717) is 24.6 Å². The third kappa shape index (κ3) is 4.82. The quantitative estimate of drug-likeness (QED) is 0.401. The summed E-state index contributed by atoms with van der Waals surface area (Å²) >= 11 is 1.72. The Kier molecular flexibility index (Phi) is 6.86. The van der Waals surface area contributed by atoms with Gasteiger partial charge in [0.25, 0.3) is 0 Å². The van der Waals surface area contributed by atoms with Crippen LogP contribution in [0.5, 0.6) is 0 Å². The fourth-order valence-corrected chi connectivity index (χ4v) is 6.07. The van der Waals surface area contributed by atoms with Crippen LogP contribution in [0.25, 0.3) is 11.3 Å². The van der Waals surface area contributed by atoms with Gasteiger partial charge in [-0.15, -0.1) is 11.3 Å². The molecular formula is C28H31N3O3S. The smallest absolute Gasteiger partial charge is 0.339 e. The molecule has 182 valence electrons. The summed E-state index contributed by atoms with van der Waals surface area (Å²) in [6, 6.07) is 16.0. The molecule has 1 atom stereocenters. The van der Waals surface area contributed by atoms with Crippen LogP contribution in [0, 0.1) is 0 Å². The number of likely N-dealkylation sites (tertiary alicyclic amines) is 1. The lowest BCUT2D eigenvalue weighted by Gasteiger charge is -2.31. The zero-order chi connectivity index (χ0) is 24.4. The summed E-state index contributed by atoms with van der Waals surface area (Å²) < 4.78 is 5.46. The molecule has 0 bridgehead atoms. The molecule has 1 aromatic heterocycles. The standard InChI is InChI=1S/C28H31N3O3S/c1-3-30(4-2)21-11-9-19(10-12-21)24-18-35-27(29-24)20-13-15-31(16-14-20)26(32)17-25-22-7-5-6-8-23(22)28(33)34-25/h5-12,18,20,25H,3-4,13-17H2,1-2H3. The fourth-order valence-electron chi connectivity index (χ4n) is 5.07. The molecule has 0 N–H and O–H groups in total. The summed E-state index contributed by atoms with van der Waals surface area (Å²) in [7, 11) is 0. The number of anilines is 1. The number of fused-ring (bicyclic) bond motifs is 1. The maximum Gasteiger partial charge on any atom is 0.339 e. The molecule has 1 amide bonds. The molecule has 1 fully saturated rings. The minimum absolute atomic E-state index is 0.0473. The third-order valence-corrected chi connectivity index (χ3v) is 8.15. The van der Waals surface area contributed by atoms with E-state index in [2.05, 4.69) is 48.4 Å². The van der Waals surface area contributed by atoms with Crippen molar-refractivity contribution in [3.8, 4) is 11.3 Å². The monoisotopic (exact) mass is 489 g/mol. The van der Waals surface area contributed by atoms with E-state index in [1.54, 1.807) is 17.4 Å². The number of cyclic esters (lactones) is 1. The summed E-state index contributed by atoms with van der Waals surface area (Å²) in [5.74, 6) is 0.0863. The zero-order valence-corrected chi connectivity index (χ0v) is 21.1. The van der Waals surface area contributed by atoms with Gasteiger partial charge < -0.3 is 14.5 Å². The Morgan fingerprint density at radius 1 is 1.09 bits per heavy atom. The number of aromatic nitrogens is 1. The van der Waals surface area contributed by atoms with Gasteiger partial charge in [0.05, 0.1) is 22.7 Å². The molecule has 0 radical (unpaired) electrons.